The molecular formula is C12H18N4OS. The zero-order valence-electron chi connectivity index (χ0n) is 10.4. The van der Waals surface area contributed by atoms with Crippen LogP contribution >= 0.6 is 11.5 Å². The Morgan fingerprint density at radius 2 is 2.22 bits per heavy atom. The van der Waals surface area contributed by atoms with Crippen LogP contribution in [-0.4, -0.2) is 45.6 Å². The number of hydrogen-bond acceptors (Lipinski definition) is 5. The highest BCUT2D eigenvalue weighted by Gasteiger charge is 2.42. The molecule has 1 N–H and O–H groups in total. The van der Waals surface area contributed by atoms with Crippen molar-refractivity contribution in [3.8, 4) is 0 Å². The van der Waals surface area contributed by atoms with E-state index in [-0.39, 0.29) is 11.4 Å². The smallest absolute Gasteiger partial charge is 0.275 e. The van der Waals surface area contributed by atoms with Crippen molar-refractivity contribution in [1.29, 1.82) is 0 Å². The first-order chi connectivity index (χ1) is 8.82. The maximum atomic E-state index is 12.5. The summed E-state index contributed by atoms with van der Waals surface area (Å²) in [5, 5.41) is 9.13. The molecule has 1 saturated heterocycles. The highest BCUT2D eigenvalue weighted by Crippen LogP contribution is 2.35. The Morgan fingerprint density at radius 3 is 2.94 bits per heavy atom. The predicted molar refractivity (Wildman–Crippen MR) is 69.6 cm³/mol. The predicted octanol–water partition coefficient (Wildman–Crippen LogP) is 1.29. The summed E-state index contributed by atoms with van der Waals surface area (Å²) in [6, 6.07) is 0. The zero-order chi connectivity index (χ0) is 12.4. The Labute approximate surface area is 111 Å². The molecule has 5 nitrogen and oxygen atoms in total. The Hall–Kier alpha value is -1.01. The second kappa shape index (κ2) is 4.93. The summed E-state index contributed by atoms with van der Waals surface area (Å²) in [6.45, 7) is 2.59. The summed E-state index contributed by atoms with van der Waals surface area (Å²) in [7, 11) is 0. The maximum absolute atomic E-state index is 12.5. The molecule has 0 radical (unpaired) electrons. The van der Waals surface area contributed by atoms with Gasteiger partial charge in [-0.15, -0.1) is 5.10 Å². The van der Waals surface area contributed by atoms with Crippen molar-refractivity contribution in [3.05, 3.63) is 11.1 Å². The van der Waals surface area contributed by atoms with E-state index in [9.17, 15) is 4.79 Å². The molecule has 1 amide bonds. The molecule has 98 valence electrons. The zero-order valence-corrected chi connectivity index (χ0v) is 11.2. The first kappa shape index (κ1) is 12.0. The number of hydrogen-bond donors (Lipinski definition) is 1. The molecule has 18 heavy (non-hydrogen) atoms. The molecule has 1 aliphatic carbocycles. The van der Waals surface area contributed by atoms with Gasteiger partial charge in [0.25, 0.3) is 5.91 Å². The third-order valence-electron chi connectivity index (χ3n) is 4.15. The lowest BCUT2D eigenvalue weighted by molar-refractivity contribution is 0.0217. The van der Waals surface area contributed by atoms with E-state index in [0.29, 0.717) is 5.69 Å². The van der Waals surface area contributed by atoms with Crippen LogP contribution in [0.25, 0.3) is 0 Å². The first-order valence-electron chi connectivity index (χ1n) is 6.62. The Bertz CT molecular complexity index is 405. The fourth-order valence-electron chi connectivity index (χ4n) is 3.21. The minimum Gasteiger partial charge on any atom is -0.329 e. The van der Waals surface area contributed by atoms with E-state index in [0.717, 1.165) is 32.5 Å². The number of nitrogens with zero attached hydrogens (tertiary/aromatic N) is 3. The Morgan fingerprint density at radius 1 is 1.39 bits per heavy atom. The van der Waals surface area contributed by atoms with Gasteiger partial charge >= 0.3 is 0 Å². The molecule has 0 aromatic carbocycles. The fraction of sp³-hybridized carbons (Fsp3) is 0.750. The quantitative estimate of drug-likeness (QED) is 0.832. The highest BCUT2D eigenvalue weighted by atomic mass is 32.1. The average Bonchev–Trinajstić information content (AvgIpc) is 2.93. The van der Waals surface area contributed by atoms with Crippen LogP contribution in [0, 0.1) is 0 Å². The van der Waals surface area contributed by atoms with Crippen LogP contribution in [0.15, 0.2) is 5.38 Å². The van der Waals surface area contributed by atoms with Crippen molar-refractivity contribution in [1.82, 2.24) is 19.8 Å². The van der Waals surface area contributed by atoms with E-state index in [1.54, 1.807) is 5.38 Å². The Balaban J connectivity index is 1.85. The standard InChI is InChI=1S/C12H18N4OS/c17-11(10-8-18-15-14-10)16-7-6-13-9-12(16)4-2-1-3-5-12/h8,13H,1-7,9H2. The summed E-state index contributed by atoms with van der Waals surface area (Å²) in [6.07, 6.45) is 5.97. The van der Waals surface area contributed by atoms with E-state index in [1.165, 1.54) is 30.8 Å². The molecule has 0 bridgehead atoms. The topological polar surface area (TPSA) is 58.1 Å². The first-order valence-corrected chi connectivity index (χ1v) is 7.45. The summed E-state index contributed by atoms with van der Waals surface area (Å²) in [4.78, 5) is 14.6. The molecule has 2 fully saturated rings. The molecule has 1 aromatic heterocycles. The van der Waals surface area contributed by atoms with Crippen molar-refractivity contribution >= 4 is 17.4 Å². The van der Waals surface area contributed by atoms with Crippen molar-refractivity contribution in [3.63, 3.8) is 0 Å². The maximum Gasteiger partial charge on any atom is 0.275 e. The highest BCUT2D eigenvalue weighted by molar-refractivity contribution is 7.03. The van der Waals surface area contributed by atoms with Gasteiger partial charge in [-0.25, -0.2) is 0 Å². The number of amides is 1. The normalized spacial score (nSPS) is 23.2. The molecule has 1 aliphatic heterocycles. The number of carbonyl (C=O) groups is 1. The number of nitrogens with one attached hydrogen (secondary N) is 1. The van der Waals surface area contributed by atoms with Crippen molar-refractivity contribution in [2.45, 2.75) is 37.6 Å². The second-order valence-corrected chi connectivity index (χ2v) is 5.82. The van der Waals surface area contributed by atoms with Crippen LogP contribution in [0.1, 0.15) is 42.6 Å². The van der Waals surface area contributed by atoms with Gasteiger partial charge in [0.2, 0.25) is 0 Å². The molecule has 1 spiro atoms. The van der Waals surface area contributed by atoms with E-state index in [2.05, 4.69) is 19.8 Å². The van der Waals surface area contributed by atoms with Crippen molar-refractivity contribution in [2.24, 2.45) is 0 Å². The molecule has 1 aromatic rings. The number of piperazine rings is 1. The molecule has 2 heterocycles. The summed E-state index contributed by atoms with van der Waals surface area (Å²) < 4.78 is 3.80. The van der Waals surface area contributed by atoms with Gasteiger partial charge in [0.15, 0.2) is 5.69 Å². The van der Waals surface area contributed by atoms with Crippen LogP contribution in [0.2, 0.25) is 0 Å². The Kier molecular flexibility index (Phi) is 3.30. The van der Waals surface area contributed by atoms with Crippen LogP contribution in [0.5, 0.6) is 0 Å². The van der Waals surface area contributed by atoms with Crippen LogP contribution in [0.3, 0.4) is 0 Å². The second-order valence-electron chi connectivity index (χ2n) is 5.21. The summed E-state index contributed by atoms with van der Waals surface area (Å²) in [5.74, 6) is 0.0622. The van der Waals surface area contributed by atoms with Gasteiger partial charge in [0.1, 0.15) is 0 Å². The molecule has 2 aliphatic rings. The summed E-state index contributed by atoms with van der Waals surface area (Å²) >= 11 is 1.24. The average molecular weight is 266 g/mol. The van der Waals surface area contributed by atoms with Gasteiger partial charge in [-0.1, -0.05) is 23.8 Å². The van der Waals surface area contributed by atoms with Crippen molar-refractivity contribution in [2.75, 3.05) is 19.6 Å². The van der Waals surface area contributed by atoms with Crippen molar-refractivity contribution < 1.29 is 4.79 Å². The number of rotatable bonds is 1. The molecule has 1 saturated carbocycles. The number of carbonyl (C=O) groups excluding carboxylic acids is 1. The van der Waals surface area contributed by atoms with E-state index < -0.39 is 0 Å². The minimum absolute atomic E-state index is 0.0250. The van der Waals surface area contributed by atoms with Gasteiger partial charge < -0.3 is 10.2 Å². The third kappa shape index (κ3) is 2.03. The lowest BCUT2D eigenvalue weighted by Crippen LogP contribution is -2.63. The lowest BCUT2D eigenvalue weighted by atomic mass is 9.79. The van der Waals surface area contributed by atoms with Gasteiger partial charge in [0, 0.05) is 25.0 Å². The largest absolute Gasteiger partial charge is 0.329 e. The molecular weight excluding hydrogens is 248 g/mol. The van der Waals surface area contributed by atoms with E-state index in [1.807, 2.05) is 0 Å². The van der Waals surface area contributed by atoms with Crippen LogP contribution in [-0.2, 0) is 0 Å². The van der Waals surface area contributed by atoms with E-state index in [4.69, 9.17) is 0 Å². The van der Waals surface area contributed by atoms with Crippen LogP contribution in [0.4, 0.5) is 0 Å². The summed E-state index contributed by atoms with van der Waals surface area (Å²) in [5.41, 5.74) is 0.531. The molecule has 3 rings (SSSR count). The minimum atomic E-state index is 0.0250. The molecule has 6 heteroatoms. The molecule has 0 unspecified atom stereocenters. The van der Waals surface area contributed by atoms with Crippen LogP contribution < -0.4 is 5.32 Å². The molecule has 0 atom stereocenters. The van der Waals surface area contributed by atoms with Gasteiger partial charge in [0.05, 0.1) is 5.54 Å². The monoisotopic (exact) mass is 266 g/mol. The lowest BCUT2D eigenvalue weighted by Gasteiger charge is -2.49. The van der Waals surface area contributed by atoms with Gasteiger partial charge in [-0.05, 0) is 24.4 Å². The van der Waals surface area contributed by atoms with E-state index >= 15 is 0 Å². The van der Waals surface area contributed by atoms with Gasteiger partial charge in [-0.3, -0.25) is 4.79 Å². The fourth-order valence-corrected chi connectivity index (χ4v) is 3.64. The van der Waals surface area contributed by atoms with Gasteiger partial charge in [-0.2, -0.15) is 0 Å². The number of aromatic nitrogens is 2. The SMILES string of the molecule is O=C(c1csnn1)N1CCNCC12CCCCC2. The third-order valence-corrected chi connectivity index (χ3v) is 4.65.